The van der Waals surface area contributed by atoms with E-state index in [9.17, 15) is 10.2 Å². The summed E-state index contributed by atoms with van der Waals surface area (Å²) < 4.78 is 3.89. The first-order valence-electron chi connectivity index (χ1n) is 5.39. The number of hydrogen-bond donors (Lipinski definition) is 2. The molecule has 90 valence electrons. The molecule has 0 spiro atoms. The highest BCUT2D eigenvalue weighted by Gasteiger charge is 2.36. The molecule has 2 rings (SSSR count). The van der Waals surface area contributed by atoms with Crippen LogP contribution in [0.1, 0.15) is 23.9 Å². The highest BCUT2D eigenvalue weighted by molar-refractivity contribution is 7.05. The lowest BCUT2D eigenvalue weighted by molar-refractivity contribution is -0.108. The fourth-order valence-electron chi connectivity index (χ4n) is 1.83. The Kier molecular flexibility index (Phi) is 3.25. The summed E-state index contributed by atoms with van der Waals surface area (Å²) in [6.45, 7) is 5.69. The van der Waals surface area contributed by atoms with Gasteiger partial charge in [0.1, 0.15) is 0 Å². The van der Waals surface area contributed by atoms with Gasteiger partial charge in [-0.15, -0.1) is 5.10 Å². The van der Waals surface area contributed by atoms with Gasteiger partial charge in [-0.25, -0.2) is 0 Å². The second-order valence-corrected chi connectivity index (χ2v) is 5.48. The molecule has 0 bridgehead atoms. The molecule has 1 aliphatic rings. The molecule has 1 aromatic heterocycles. The van der Waals surface area contributed by atoms with Crippen molar-refractivity contribution in [2.24, 2.45) is 0 Å². The van der Waals surface area contributed by atoms with Crippen LogP contribution in [0, 0.1) is 6.92 Å². The Morgan fingerprint density at radius 2 is 2.38 bits per heavy atom. The molecule has 0 unspecified atom stereocenters. The topological polar surface area (TPSA) is 69.5 Å². The fourth-order valence-corrected chi connectivity index (χ4v) is 2.50. The second kappa shape index (κ2) is 4.37. The van der Waals surface area contributed by atoms with E-state index in [0.29, 0.717) is 13.0 Å². The van der Waals surface area contributed by atoms with Crippen LogP contribution in [-0.4, -0.2) is 49.5 Å². The smallest absolute Gasteiger partial charge is 0.0951 e. The molecule has 2 heterocycles. The Bertz CT molecular complexity index is 367. The summed E-state index contributed by atoms with van der Waals surface area (Å²) in [4.78, 5) is 3.26. The number of β-amino-alcohol motifs (C(OH)–C–C–N with tert-alkyl or cyclic N) is 1. The highest BCUT2D eigenvalue weighted by atomic mass is 32.1. The largest absolute Gasteiger partial charge is 0.389 e. The summed E-state index contributed by atoms with van der Waals surface area (Å²) in [5.74, 6) is 0. The summed E-state index contributed by atoms with van der Waals surface area (Å²) in [6.07, 6.45) is -0.0816. The van der Waals surface area contributed by atoms with Crippen LogP contribution >= 0.6 is 11.5 Å². The maximum absolute atomic E-state index is 9.84. The van der Waals surface area contributed by atoms with E-state index >= 15 is 0 Å². The van der Waals surface area contributed by atoms with Gasteiger partial charge >= 0.3 is 0 Å². The number of aliphatic hydroxyl groups excluding tert-OH is 1. The normalized spacial score (nSPS) is 31.9. The van der Waals surface area contributed by atoms with Gasteiger partial charge < -0.3 is 10.2 Å². The summed E-state index contributed by atoms with van der Waals surface area (Å²) in [6, 6.07) is 0. The molecule has 0 radical (unpaired) electrons. The first-order valence-corrected chi connectivity index (χ1v) is 6.17. The average Bonchev–Trinajstić information content (AvgIpc) is 2.59. The van der Waals surface area contributed by atoms with Gasteiger partial charge in [0.25, 0.3) is 0 Å². The molecule has 5 nitrogen and oxygen atoms in total. The van der Waals surface area contributed by atoms with Crippen molar-refractivity contribution >= 4 is 11.5 Å². The zero-order valence-electron chi connectivity index (χ0n) is 9.55. The van der Waals surface area contributed by atoms with E-state index in [1.54, 1.807) is 6.92 Å². The van der Waals surface area contributed by atoms with Gasteiger partial charge in [0.15, 0.2) is 0 Å². The molecule has 0 aliphatic carbocycles. The molecule has 1 aliphatic heterocycles. The highest BCUT2D eigenvalue weighted by Crippen LogP contribution is 2.24. The molecule has 2 N–H and O–H groups in total. The second-order valence-electron chi connectivity index (χ2n) is 4.64. The van der Waals surface area contributed by atoms with Crippen LogP contribution in [0.25, 0.3) is 0 Å². The van der Waals surface area contributed by atoms with E-state index in [4.69, 9.17) is 0 Å². The van der Waals surface area contributed by atoms with E-state index in [2.05, 4.69) is 14.5 Å². The van der Waals surface area contributed by atoms with Gasteiger partial charge in [-0.3, -0.25) is 4.90 Å². The van der Waals surface area contributed by atoms with Gasteiger partial charge in [-0.1, -0.05) is 4.49 Å². The third-order valence-electron chi connectivity index (χ3n) is 3.20. The summed E-state index contributed by atoms with van der Waals surface area (Å²) in [5.41, 5.74) is 0.00846. The summed E-state index contributed by atoms with van der Waals surface area (Å²) in [5, 5.41) is 23.6. The Morgan fingerprint density at radius 1 is 1.62 bits per heavy atom. The average molecular weight is 243 g/mol. The van der Waals surface area contributed by atoms with Crippen molar-refractivity contribution in [1.82, 2.24) is 14.5 Å². The van der Waals surface area contributed by atoms with Gasteiger partial charge in [-0.2, -0.15) is 0 Å². The standard InChI is InChI=1S/C10H17N3O2S/c1-7-8(16-12-11-7)5-13-4-3-10(2,15)9(14)6-13/h9,14-15H,3-6H2,1-2H3/t9-,10+/m1/s1. The predicted molar refractivity (Wildman–Crippen MR) is 61.2 cm³/mol. The maximum Gasteiger partial charge on any atom is 0.0951 e. The van der Waals surface area contributed by atoms with E-state index in [1.165, 1.54) is 11.5 Å². The minimum Gasteiger partial charge on any atom is -0.389 e. The quantitative estimate of drug-likeness (QED) is 0.774. The zero-order valence-corrected chi connectivity index (χ0v) is 10.4. The lowest BCUT2D eigenvalue weighted by Gasteiger charge is -2.39. The van der Waals surface area contributed by atoms with E-state index in [1.807, 2.05) is 6.92 Å². The van der Waals surface area contributed by atoms with Crippen molar-refractivity contribution in [2.45, 2.75) is 38.5 Å². The van der Waals surface area contributed by atoms with Crippen LogP contribution < -0.4 is 0 Å². The fraction of sp³-hybridized carbons (Fsp3) is 0.800. The van der Waals surface area contributed by atoms with Crippen molar-refractivity contribution < 1.29 is 10.2 Å². The van der Waals surface area contributed by atoms with Crippen LogP contribution in [0.4, 0.5) is 0 Å². The Balaban J connectivity index is 1.96. The van der Waals surface area contributed by atoms with Gasteiger partial charge in [-0.05, 0) is 31.8 Å². The van der Waals surface area contributed by atoms with Crippen molar-refractivity contribution in [1.29, 1.82) is 0 Å². The number of hydrogen-bond acceptors (Lipinski definition) is 6. The van der Waals surface area contributed by atoms with Crippen molar-refractivity contribution in [2.75, 3.05) is 13.1 Å². The van der Waals surface area contributed by atoms with Gasteiger partial charge in [0, 0.05) is 19.6 Å². The summed E-state index contributed by atoms with van der Waals surface area (Å²) >= 11 is 1.40. The van der Waals surface area contributed by atoms with Crippen molar-refractivity contribution in [3.8, 4) is 0 Å². The van der Waals surface area contributed by atoms with Crippen LogP contribution in [-0.2, 0) is 6.54 Å². The molecule has 0 amide bonds. The molecule has 0 aromatic carbocycles. The van der Waals surface area contributed by atoms with E-state index in [-0.39, 0.29) is 0 Å². The Morgan fingerprint density at radius 3 is 2.94 bits per heavy atom. The molecular weight excluding hydrogens is 226 g/mol. The van der Waals surface area contributed by atoms with Gasteiger partial charge in [0.2, 0.25) is 0 Å². The first kappa shape index (κ1) is 11.9. The number of aryl methyl sites for hydroxylation is 1. The third-order valence-corrected chi connectivity index (χ3v) is 4.00. The van der Waals surface area contributed by atoms with E-state index in [0.717, 1.165) is 23.7 Å². The monoisotopic (exact) mass is 243 g/mol. The maximum atomic E-state index is 9.84. The predicted octanol–water partition coefficient (Wildman–Crippen LogP) is 0.164. The van der Waals surface area contributed by atoms with Crippen molar-refractivity contribution in [3.05, 3.63) is 10.6 Å². The van der Waals surface area contributed by atoms with Crippen LogP contribution in [0.15, 0.2) is 0 Å². The Labute approximate surface area is 98.9 Å². The molecule has 2 atom stereocenters. The minimum atomic E-state index is -0.947. The SMILES string of the molecule is Cc1nnsc1CN1CC[C@](C)(O)[C@H](O)C1. The Hall–Kier alpha value is -0.560. The molecule has 1 aromatic rings. The van der Waals surface area contributed by atoms with E-state index < -0.39 is 11.7 Å². The number of aliphatic hydroxyl groups is 2. The lowest BCUT2D eigenvalue weighted by Crippen LogP contribution is -2.53. The number of aromatic nitrogens is 2. The van der Waals surface area contributed by atoms with Gasteiger partial charge in [0.05, 0.1) is 22.3 Å². The molecule has 0 saturated carbocycles. The molecule has 6 heteroatoms. The molecule has 1 fully saturated rings. The van der Waals surface area contributed by atoms with Crippen molar-refractivity contribution in [3.63, 3.8) is 0 Å². The first-order chi connectivity index (χ1) is 7.49. The van der Waals surface area contributed by atoms with Crippen LogP contribution in [0.3, 0.4) is 0 Å². The number of likely N-dealkylation sites (tertiary alicyclic amines) is 1. The number of rotatable bonds is 2. The molecule has 1 saturated heterocycles. The van der Waals surface area contributed by atoms with Crippen LogP contribution in [0.2, 0.25) is 0 Å². The summed E-state index contributed by atoms with van der Waals surface area (Å²) in [7, 11) is 0. The zero-order chi connectivity index (χ0) is 11.8. The number of piperidine rings is 1. The molecular formula is C10H17N3O2S. The lowest BCUT2D eigenvalue weighted by atomic mass is 9.91. The molecule has 16 heavy (non-hydrogen) atoms. The van der Waals surface area contributed by atoms with Crippen LogP contribution in [0.5, 0.6) is 0 Å². The number of nitrogens with zero attached hydrogens (tertiary/aromatic N) is 3. The third kappa shape index (κ3) is 2.40. The minimum absolute atomic E-state index is 0.504.